The number of nitrogens with zero attached hydrogens (tertiary/aromatic N) is 1. The maximum absolute atomic E-state index is 12.6. The van der Waals surface area contributed by atoms with E-state index in [1.807, 2.05) is 12.1 Å². The summed E-state index contributed by atoms with van der Waals surface area (Å²) in [5, 5.41) is 2.76. The molecule has 0 radical (unpaired) electrons. The lowest BCUT2D eigenvalue weighted by Gasteiger charge is -2.26. The average Bonchev–Trinajstić information content (AvgIpc) is 2.69. The quantitative estimate of drug-likeness (QED) is 0.709. The van der Waals surface area contributed by atoms with Gasteiger partial charge in [0.25, 0.3) is 0 Å². The van der Waals surface area contributed by atoms with Crippen molar-refractivity contribution in [1.29, 1.82) is 0 Å². The average molecular weight is 451 g/mol. The minimum absolute atomic E-state index is 0.237. The van der Waals surface area contributed by atoms with Crippen LogP contribution in [-0.2, 0) is 19.6 Å². The van der Waals surface area contributed by atoms with Gasteiger partial charge in [-0.3, -0.25) is 4.79 Å². The van der Waals surface area contributed by atoms with E-state index in [1.165, 1.54) is 10.4 Å². The van der Waals surface area contributed by atoms with Gasteiger partial charge in [-0.25, -0.2) is 8.42 Å². The minimum atomic E-state index is -3.51. The second-order valence-electron chi connectivity index (χ2n) is 5.91. The van der Waals surface area contributed by atoms with Gasteiger partial charge in [0.15, 0.2) is 0 Å². The summed E-state index contributed by atoms with van der Waals surface area (Å²) < 4.78 is 32.7. The molecule has 27 heavy (non-hydrogen) atoms. The van der Waals surface area contributed by atoms with E-state index < -0.39 is 10.0 Å². The van der Waals surface area contributed by atoms with Gasteiger partial charge < -0.3 is 10.1 Å². The molecule has 1 aliphatic heterocycles. The van der Waals surface area contributed by atoms with Gasteiger partial charge in [-0.2, -0.15) is 4.31 Å². The van der Waals surface area contributed by atoms with Gasteiger partial charge in [-0.05, 0) is 48.0 Å². The van der Waals surface area contributed by atoms with Gasteiger partial charge in [0.05, 0.1) is 18.1 Å². The Hall–Kier alpha value is -2.00. The summed E-state index contributed by atoms with van der Waals surface area (Å²) in [6, 6.07) is 13.7. The Kier molecular flexibility index (Phi) is 6.43. The number of benzene rings is 2. The second-order valence-corrected chi connectivity index (χ2v) is 8.77. The largest absolute Gasteiger partial charge is 0.379 e. The summed E-state index contributed by atoms with van der Waals surface area (Å²) >= 11 is 3.34. The first-order chi connectivity index (χ1) is 12.9. The predicted molar refractivity (Wildman–Crippen MR) is 108 cm³/mol. The third-order valence-corrected chi connectivity index (χ3v) is 6.47. The van der Waals surface area contributed by atoms with Crippen LogP contribution in [-0.4, -0.2) is 44.9 Å². The molecule has 6 nitrogen and oxygen atoms in total. The zero-order chi connectivity index (χ0) is 19.3. The number of halogens is 1. The number of amides is 1. The van der Waals surface area contributed by atoms with E-state index in [9.17, 15) is 13.2 Å². The van der Waals surface area contributed by atoms with Crippen LogP contribution in [0.3, 0.4) is 0 Å². The predicted octanol–water partition coefficient (Wildman–Crippen LogP) is 3.12. The van der Waals surface area contributed by atoms with Crippen molar-refractivity contribution < 1.29 is 17.9 Å². The third kappa shape index (κ3) is 5.26. The summed E-state index contributed by atoms with van der Waals surface area (Å²) in [6.45, 7) is 1.54. The van der Waals surface area contributed by atoms with Crippen molar-refractivity contribution in [1.82, 2.24) is 4.31 Å². The molecule has 0 spiro atoms. The van der Waals surface area contributed by atoms with Crippen molar-refractivity contribution >= 4 is 43.6 Å². The highest BCUT2D eigenvalue weighted by Crippen LogP contribution is 2.18. The van der Waals surface area contributed by atoms with Gasteiger partial charge in [0, 0.05) is 29.3 Å². The van der Waals surface area contributed by atoms with Crippen LogP contribution in [0.5, 0.6) is 0 Å². The normalized spacial score (nSPS) is 15.7. The fourth-order valence-electron chi connectivity index (χ4n) is 2.58. The van der Waals surface area contributed by atoms with Crippen LogP contribution in [0.15, 0.2) is 64.0 Å². The molecule has 0 aliphatic carbocycles. The summed E-state index contributed by atoms with van der Waals surface area (Å²) in [5.41, 5.74) is 1.43. The molecule has 0 atom stereocenters. The Labute approximate surface area is 167 Å². The number of carbonyl (C=O) groups excluding carboxylic acids is 1. The Balaban J connectivity index is 1.63. The van der Waals surface area contributed by atoms with E-state index in [0.717, 1.165) is 10.0 Å². The lowest BCUT2D eigenvalue weighted by atomic mass is 10.2. The number of morpholine rings is 1. The van der Waals surface area contributed by atoms with Crippen LogP contribution in [0.1, 0.15) is 5.56 Å². The van der Waals surface area contributed by atoms with E-state index >= 15 is 0 Å². The van der Waals surface area contributed by atoms with Crippen molar-refractivity contribution in [2.75, 3.05) is 31.6 Å². The third-order valence-electron chi connectivity index (χ3n) is 4.03. The Morgan fingerprint density at radius 3 is 2.30 bits per heavy atom. The number of rotatable bonds is 5. The van der Waals surface area contributed by atoms with Crippen molar-refractivity contribution in [2.24, 2.45) is 0 Å². The van der Waals surface area contributed by atoms with Gasteiger partial charge in [-0.15, -0.1) is 0 Å². The van der Waals surface area contributed by atoms with Gasteiger partial charge in [0.1, 0.15) is 0 Å². The number of hydrogen-bond acceptors (Lipinski definition) is 4. The number of hydrogen-bond donors (Lipinski definition) is 1. The SMILES string of the molecule is O=C(/C=C\c1ccc(S(=O)(=O)N2CCOCC2)cc1)Nc1ccc(Br)cc1. The Morgan fingerprint density at radius 1 is 1.04 bits per heavy atom. The van der Waals surface area contributed by atoms with Gasteiger partial charge in [0.2, 0.25) is 15.9 Å². The molecule has 2 aromatic rings. The van der Waals surface area contributed by atoms with E-state index in [0.29, 0.717) is 32.0 Å². The molecule has 1 fully saturated rings. The van der Waals surface area contributed by atoms with Crippen LogP contribution >= 0.6 is 15.9 Å². The highest BCUT2D eigenvalue weighted by atomic mass is 79.9. The second kappa shape index (κ2) is 8.79. The molecule has 1 heterocycles. The standard InChI is InChI=1S/C19H19BrN2O4S/c20-16-4-6-17(7-5-16)21-19(23)10-3-15-1-8-18(9-2-15)27(24,25)22-11-13-26-14-12-22/h1-10H,11-14H2,(H,21,23)/b10-3-. The number of sulfonamides is 1. The molecule has 0 bridgehead atoms. The maximum atomic E-state index is 12.6. The molecule has 1 N–H and O–H groups in total. The molecule has 1 aliphatic rings. The van der Waals surface area contributed by atoms with Crippen LogP contribution < -0.4 is 5.32 Å². The van der Waals surface area contributed by atoms with E-state index in [2.05, 4.69) is 21.2 Å². The molecule has 1 amide bonds. The topological polar surface area (TPSA) is 75.7 Å². The highest BCUT2D eigenvalue weighted by molar-refractivity contribution is 9.10. The molecular formula is C19H19BrN2O4S. The highest BCUT2D eigenvalue weighted by Gasteiger charge is 2.25. The molecule has 142 valence electrons. The molecule has 0 unspecified atom stereocenters. The van der Waals surface area contributed by atoms with E-state index in [4.69, 9.17) is 4.74 Å². The van der Waals surface area contributed by atoms with Gasteiger partial charge in [-0.1, -0.05) is 28.1 Å². The lowest BCUT2D eigenvalue weighted by molar-refractivity contribution is -0.111. The number of anilines is 1. The first-order valence-corrected chi connectivity index (χ1v) is 10.6. The number of ether oxygens (including phenoxy) is 1. The molecule has 3 rings (SSSR count). The summed E-state index contributed by atoms with van der Waals surface area (Å²) in [5.74, 6) is -0.262. The van der Waals surface area contributed by atoms with E-state index in [-0.39, 0.29) is 10.8 Å². The minimum Gasteiger partial charge on any atom is -0.379 e. The van der Waals surface area contributed by atoms with Crippen molar-refractivity contribution in [3.8, 4) is 0 Å². The first kappa shape index (κ1) is 19.8. The summed E-state index contributed by atoms with van der Waals surface area (Å²) in [6.07, 6.45) is 3.05. The van der Waals surface area contributed by atoms with Crippen LogP contribution in [0.25, 0.3) is 6.08 Å². The summed E-state index contributed by atoms with van der Waals surface area (Å²) in [4.78, 5) is 12.2. The molecule has 8 heteroatoms. The zero-order valence-corrected chi connectivity index (χ0v) is 16.9. The van der Waals surface area contributed by atoms with Crippen molar-refractivity contribution in [3.05, 3.63) is 64.6 Å². The maximum Gasteiger partial charge on any atom is 0.248 e. The first-order valence-electron chi connectivity index (χ1n) is 8.38. The van der Waals surface area contributed by atoms with Gasteiger partial charge >= 0.3 is 0 Å². The molecular weight excluding hydrogens is 432 g/mol. The van der Waals surface area contributed by atoms with Crippen molar-refractivity contribution in [3.63, 3.8) is 0 Å². The van der Waals surface area contributed by atoms with Crippen LogP contribution in [0.4, 0.5) is 5.69 Å². The monoisotopic (exact) mass is 450 g/mol. The smallest absolute Gasteiger partial charge is 0.248 e. The fraction of sp³-hybridized carbons (Fsp3) is 0.211. The molecule has 2 aromatic carbocycles. The Bertz CT molecular complexity index is 919. The number of carbonyl (C=O) groups is 1. The lowest BCUT2D eigenvalue weighted by Crippen LogP contribution is -2.40. The van der Waals surface area contributed by atoms with Crippen LogP contribution in [0.2, 0.25) is 0 Å². The van der Waals surface area contributed by atoms with E-state index in [1.54, 1.807) is 42.5 Å². The van der Waals surface area contributed by atoms with Crippen molar-refractivity contribution in [2.45, 2.75) is 4.90 Å². The molecule has 0 saturated carbocycles. The fourth-order valence-corrected chi connectivity index (χ4v) is 4.25. The number of nitrogens with one attached hydrogen (secondary N) is 1. The molecule has 1 saturated heterocycles. The zero-order valence-electron chi connectivity index (χ0n) is 14.5. The Morgan fingerprint density at radius 2 is 1.67 bits per heavy atom. The van der Waals surface area contributed by atoms with Crippen LogP contribution in [0, 0.1) is 0 Å². The summed E-state index contributed by atoms with van der Waals surface area (Å²) in [7, 11) is -3.51. The molecule has 0 aromatic heterocycles.